The zero-order valence-corrected chi connectivity index (χ0v) is 15.8. The minimum atomic E-state index is -0.226. The molecule has 2 saturated heterocycles. The van der Waals surface area contributed by atoms with Crippen molar-refractivity contribution in [2.75, 3.05) is 31.6 Å². The first-order valence-corrected chi connectivity index (χ1v) is 9.36. The molecule has 1 aromatic heterocycles. The van der Waals surface area contributed by atoms with Crippen molar-refractivity contribution in [3.63, 3.8) is 0 Å². The molecule has 2 aromatic rings. The highest BCUT2D eigenvalue weighted by Gasteiger charge is 2.44. The Morgan fingerprint density at radius 2 is 2.00 bits per heavy atom. The van der Waals surface area contributed by atoms with E-state index in [1.165, 1.54) is 12.1 Å². The SMILES string of the molecule is CN(c1ccc(F)cc1)C1COC2(CCN(C(=O)c3nccn3C)CC2)C1. The largest absolute Gasteiger partial charge is 0.373 e. The molecular weight excluding hydrogens is 347 g/mol. The van der Waals surface area contributed by atoms with Gasteiger partial charge in [-0.25, -0.2) is 9.37 Å². The zero-order valence-electron chi connectivity index (χ0n) is 15.8. The number of amides is 1. The lowest BCUT2D eigenvalue weighted by atomic mass is 9.87. The van der Waals surface area contributed by atoms with Crippen molar-refractivity contribution >= 4 is 11.6 Å². The van der Waals surface area contributed by atoms with Crippen LogP contribution in [-0.4, -0.2) is 58.7 Å². The van der Waals surface area contributed by atoms with Crippen molar-refractivity contribution in [1.29, 1.82) is 0 Å². The van der Waals surface area contributed by atoms with E-state index >= 15 is 0 Å². The molecule has 1 atom stereocenters. The Labute approximate surface area is 158 Å². The number of hydrogen-bond acceptors (Lipinski definition) is 4. The van der Waals surface area contributed by atoms with Crippen LogP contribution < -0.4 is 4.90 Å². The van der Waals surface area contributed by atoms with Gasteiger partial charge in [0.1, 0.15) is 5.82 Å². The fourth-order valence-electron chi connectivity index (χ4n) is 4.13. The number of likely N-dealkylation sites (tertiary alicyclic amines) is 1. The summed E-state index contributed by atoms with van der Waals surface area (Å²) >= 11 is 0. The standard InChI is InChI=1S/C20H25FN4O2/c1-23-12-9-22-18(23)19(26)25-10-7-20(8-11-25)13-17(14-27-20)24(2)16-5-3-15(21)4-6-16/h3-6,9,12,17H,7-8,10-11,13-14H2,1-2H3. The molecule has 2 aliphatic heterocycles. The van der Waals surface area contributed by atoms with Gasteiger partial charge < -0.3 is 19.1 Å². The van der Waals surface area contributed by atoms with E-state index in [1.807, 2.05) is 19.0 Å². The molecule has 6 nitrogen and oxygen atoms in total. The lowest BCUT2D eigenvalue weighted by Crippen LogP contribution is -2.47. The molecule has 4 rings (SSSR count). The topological polar surface area (TPSA) is 50.6 Å². The Morgan fingerprint density at radius 1 is 1.30 bits per heavy atom. The van der Waals surface area contributed by atoms with E-state index in [4.69, 9.17) is 4.74 Å². The quantitative estimate of drug-likeness (QED) is 0.831. The van der Waals surface area contributed by atoms with Crippen LogP contribution in [0, 0.1) is 5.82 Å². The van der Waals surface area contributed by atoms with Crippen molar-refractivity contribution < 1.29 is 13.9 Å². The average molecular weight is 372 g/mol. The van der Waals surface area contributed by atoms with Gasteiger partial charge >= 0.3 is 0 Å². The fourth-order valence-corrected chi connectivity index (χ4v) is 4.13. The summed E-state index contributed by atoms with van der Waals surface area (Å²) in [5, 5.41) is 0. The Hall–Kier alpha value is -2.41. The monoisotopic (exact) mass is 372 g/mol. The average Bonchev–Trinajstić information content (AvgIpc) is 3.29. The predicted octanol–water partition coefficient (Wildman–Crippen LogP) is 2.46. The zero-order chi connectivity index (χ0) is 19.0. The first-order valence-electron chi connectivity index (χ1n) is 9.36. The number of carbonyl (C=O) groups excluding carboxylic acids is 1. The van der Waals surface area contributed by atoms with E-state index in [2.05, 4.69) is 9.88 Å². The molecule has 0 N–H and O–H groups in total. The number of aromatic nitrogens is 2. The highest BCUT2D eigenvalue weighted by molar-refractivity contribution is 5.90. The number of ether oxygens (including phenoxy) is 1. The summed E-state index contributed by atoms with van der Waals surface area (Å²) in [6, 6.07) is 6.83. The van der Waals surface area contributed by atoms with E-state index in [0.717, 1.165) is 24.9 Å². The van der Waals surface area contributed by atoms with Gasteiger partial charge in [-0.05, 0) is 43.5 Å². The molecule has 1 unspecified atom stereocenters. The number of likely N-dealkylation sites (N-methyl/N-ethyl adjacent to an activating group) is 1. The highest BCUT2D eigenvalue weighted by atomic mass is 19.1. The first kappa shape index (κ1) is 18.0. The van der Waals surface area contributed by atoms with Gasteiger partial charge in [-0.3, -0.25) is 4.79 Å². The third-order valence-electron chi connectivity index (χ3n) is 5.95. The van der Waals surface area contributed by atoms with E-state index in [0.29, 0.717) is 25.5 Å². The summed E-state index contributed by atoms with van der Waals surface area (Å²) in [4.78, 5) is 20.8. The molecule has 1 amide bonds. The lowest BCUT2D eigenvalue weighted by Gasteiger charge is -2.38. The van der Waals surface area contributed by atoms with Crippen molar-refractivity contribution in [2.45, 2.75) is 30.9 Å². The molecule has 3 heterocycles. The van der Waals surface area contributed by atoms with Gasteiger partial charge in [0, 0.05) is 45.3 Å². The molecule has 2 aliphatic rings. The van der Waals surface area contributed by atoms with Crippen LogP contribution in [0.1, 0.15) is 29.9 Å². The number of anilines is 1. The Morgan fingerprint density at radius 3 is 2.63 bits per heavy atom. The number of aryl methyl sites for hydroxylation is 1. The van der Waals surface area contributed by atoms with Crippen molar-refractivity contribution in [3.8, 4) is 0 Å². The summed E-state index contributed by atoms with van der Waals surface area (Å²) in [6.07, 6.45) is 6.02. The number of rotatable bonds is 3. The number of nitrogens with zero attached hydrogens (tertiary/aromatic N) is 4. The van der Waals surface area contributed by atoms with Crippen LogP contribution in [0.15, 0.2) is 36.7 Å². The van der Waals surface area contributed by atoms with E-state index in [9.17, 15) is 9.18 Å². The second kappa shape index (κ2) is 6.96. The van der Waals surface area contributed by atoms with Gasteiger partial charge in [0.2, 0.25) is 0 Å². The van der Waals surface area contributed by atoms with Crippen molar-refractivity contribution in [1.82, 2.24) is 14.5 Å². The van der Waals surface area contributed by atoms with Crippen molar-refractivity contribution in [3.05, 3.63) is 48.3 Å². The summed E-state index contributed by atoms with van der Waals surface area (Å²) in [5.74, 6) is 0.235. The molecule has 0 aliphatic carbocycles. The summed E-state index contributed by atoms with van der Waals surface area (Å²) in [5.41, 5.74) is 0.821. The van der Waals surface area contributed by atoms with Gasteiger partial charge in [0.15, 0.2) is 5.82 Å². The maximum atomic E-state index is 13.2. The minimum absolute atomic E-state index is 0.0182. The lowest BCUT2D eigenvalue weighted by molar-refractivity contribution is -0.0390. The Balaban J connectivity index is 1.37. The van der Waals surface area contributed by atoms with E-state index in [1.54, 1.807) is 29.1 Å². The molecule has 0 saturated carbocycles. The first-order chi connectivity index (χ1) is 13.0. The maximum absolute atomic E-state index is 13.2. The number of piperidine rings is 1. The molecule has 1 spiro atoms. The second-order valence-electron chi connectivity index (χ2n) is 7.59. The molecule has 27 heavy (non-hydrogen) atoms. The van der Waals surface area contributed by atoms with Crippen LogP contribution >= 0.6 is 0 Å². The Kier molecular flexibility index (Phi) is 4.63. The normalized spacial score (nSPS) is 21.6. The number of halogens is 1. The fraction of sp³-hybridized carbons (Fsp3) is 0.500. The van der Waals surface area contributed by atoms with E-state index < -0.39 is 0 Å². The molecule has 2 fully saturated rings. The van der Waals surface area contributed by atoms with Crippen LogP contribution in [0.5, 0.6) is 0 Å². The number of benzene rings is 1. The number of hydrogen-bond donors (Lipinski definition) is 0. The predicted molar refractivity (Wildman–Crippen MR) is 100 cm³/mol. The van der Waals surface area contributed by atoms with Crippen LogP contribution in [0.2, 0.25) is 0 Å². The van der Waals surface area contributed by atoms with Gasteiger partial charge in [0.05, 0.1) is 18.2 Å². The third-order valence-corrected chi connectivity index (χ3v) is 5.95. The molecular formula is C20H25FN4O2. The van der Waals surface area contributed by atoms with Gasteiger partial charge in [0.25, 0.3) is 5.91 Å². The van der Waals surface area contributed by atoms with Gasteiger partial charge in [-0.15, -0.1) is 0 Å². The highest BCUT2D eigenvalue weighted by Crippen LogP contribution is 2.38. The Bertz CT molecular complexity index is 812. The molecule has 0 bridgehead atoms. The number of carbonyl (C=O) groups is 1. The van der Waals surface area contributed by atoms with Crippen LogP contribution in [-0.2, 0) is 11.8 Å². The third kappa shape index (κ3) is 3.43. The summed E-state index contributed by atoms with van der Waals surface area (Å²) in [7, 11) is 3.86. The summed E-state index contributed by atoms with van der Waals surface area (Å²) < 4.78 is 21.1. The molecule has 7 heteroatoms. The smallest absolute Gasteiger partial charge is 0.289 e. The summed E-state index contributed by atoms with van der Waals surface area (Å²) in [6.45, 7) is 2.01. The molecule has 144 valence electrons. The van der Waals surface area contributed by atoms with Crippen molar-refractivity contribution in [2.24, 2.45) is 7.05 Å². The van der Waals surface area contributed by atoms with Gasteiger partial charge in [-0.1, -0.05) is 0 Å². The minimum Gasteiger partial charge on any atom is -0.373 e. The van der Waals surface area contributed by atoms with Crippen LogP contribution in [0.3, 0.4) is 0 Å². The second-order valence-corrected chi connectivity index (χ2v) is 7.59. The maximum Gasteiger partial charge on any atom is 0.289 e. The van der Waals surface area contributed by atoms with Crippen LogP contribution in [0.25, 0.3) is 0 Å². The van der Waals surface area contributed by atoms with E-state index in [-0.39, 0.29) is 23.4 Å². The molecule has 1 aromatic carbocycles. The van der Waals surface area contributed by atoms with Crippen LogP contribution in [0.4, 0.5) is 10.1 Å². The number of imidazole rings is 1. The van der Waals surface area contributed by atoms with Gasteiger partial charge in [-0.2, -0.15) is 0 Å². The molecule has 0 radical (unpaired) electrons.